The number of nitriles is 1. The molecule has 17 heavy (non-hydrogen) atoms. The fourth-order valence-electron chi connectivity index (χ4n) is 1.98. The molecule has 1 fully saturated rings. The van der Waals surface area contributed by atoms with E-state index in [0.717, 1.165) is 32.0 Å². The van der Waals surface area contributed by atoms with Crippen LogP contribution in [-0.4, -0.2) is 42.1 Å². The Balaban J connectivity index is 1.95. The molecule has 4 nitrogen and oxygen atoms in total. The van der Waals surface area contributed by atoms with E-state index in [0.29, 0.717) is 0 Å². The number of anilines is 1. The van der Waals surface area contributed by atoms with Gasteiger partial charge in [-0.15, -0.1) is 0 Å². The van der Waals surface area contributed by atoms with E-state index in [1.54, 1.807) is 6.07 Å². The fraction of sp³-hybridized carbons (Fsp3) is 0.500. The summed E-state index contributed by atoms with van der Waals surface area (Å²) >= 11 is 0. The van der Waals surface area contributed by atoms with Crippen molar-refractivity contribution >= 4 is 5.82 Å². The maximum atomic E-state index is 12.7. The lowest BCUT2D eigenvalue weighted by Crippen LogP contribution is -2.49. The van der Waals surface area contributed by atoms with Crippen LogP contribution in [0.15, 0.2) is 18.3 Å². The average molecular weight is 234 g/mol. The summed E-state index contributed by atoms with van der Waals surface area (Å²) in [6, 6.07) is 5.31. The number of halogens is 1. The second kappa shape index (κ2) is 5.11. The summed E-state index contributed by atoms with van der Waals surface area (Å²) in [4.78, 5) is 8.31. The Labute approximate surface area is 100 Å². The van der Waals surface area contributed by atoms with Crippen molar-refractivity contribution in [1.82, 2.24) is 9.88 Å². The van der Waals surface area contributed by atoms with Gasteiger partial charge in [0.2, 0.25) is 0 Å². The van der Waals surface area contributed by atoms with Crippen LogP contribution in [0.5, 0.6) is 0 Å². The van der Waals surface area contributed by atoms with Crippen molar-refractivity contribution < 1.29 is 4.39 Å². The third-order valence-electron chi connectivity index (χ3n) is 3.08. The molecule has 0 spiro atoms. The third kappa shape index (κ3) is 2.71. The number of aromatic nitrogens is 1. The number of pyridine rings is 1. The summed E-state index contributed by atoms with van der Waals surface area (Å²) in [5, 5.41) is 8.84. The molecule has 0 aliphatic carbocycles. The average Bonchev–Trinajstić information content (AvgIpc) is 2.39. The standard InChI is InChI=1S/C12H15FN4/c1-10(8-14)16-4-6-17(7-5-16)12-3-2-11(13)9-15-12/h2-3,9-10H,4-7H2,1H3. The number of rotatable bonds is 2. The summed E-state index contributed by atoms with van der Waals surface area (Å²) in [5.74, 6) is 0.487. The van der Waals surface area contributed by atoms with Crippen molar-refractivity contribution in [2.45, 2.75) is 13.0 Å². The Hall–Kier alpha value is -1.67. The lowest BCUT2D eigenvalue weighted by molar-refractivity contribution is 0.231. The molecule has 5 heteroatoms. The van der Waals surface area contributed by atoms with E-state index in [2.05, 4.69) is 20.9 Å². The van der Waals surface area contributed by atoms with Gasteiger partial charge in [-0.05, 0) is 19.1 Å². The minimum atomic E-state index is -0.314. The zero-order valence-electron chi connectivity index (χ0n) is 9.80. The minimum absolute atomic E-state index is 0.0432. The van der Waals surface area contributed by atoms with E-state index in [1.165, 1.54) is 12.3 Å². The Morgan fingerprint density at radius 1 is 1.35 bits per heavy atom. The zero-order valence-corrected chi connectivity index (χ0v) is 9.80. The molecule has 1 unspecified atom stereocenters. The number of hydrogen-bond acceptors (Lipinski definition) is 4. The zero-order chi connectivity index (χ0) is 12.3. The third-order valence-corrected chi connectivity index (χ3v) is 3.08. The van der Waals surface area contributed by atoms with Gasteiger partial charge < -0.3 is 4.90 Å². The Kier molecular flexibility index (Phi) is 3.55. The summed E-state index contributed by atoms with van der Waals surface area (Å²) in [6.45, 7) is 5.24. The first-order valence-electron chi connectivity index (χ1n) is 5.71. The Bertz CT molecular complexity index is 404. The van der Waals surface area contributed by atoms with E-state index in [9.17, 15) is 4.39 Å². The van der Waals surface area contributed by atoms with E-state index < -0.39 is 0 Å². The molecule has 1 aliphatic rings. The number of nitrogens with zero attached hydrogens (tertiary/aromatic N) is 4. The summed E-state index contributed by atoms with van der Waals surface area (Å²) in [6.07, 6.45) is 1.24. The maximum absolute atomic E-state index is 12.7. The predicted molar refractivity (Wildman–Crippen MR) is 63.1 cm³/mol. The van der Waals surface area contributed by atoms with Gasteiger partial charge in [0.05, 0.1) is 18.3 Å². The van der Waals surface area contributed by atoms with Gasteiger partial charge in [0.25, 0.3) is 0 Å². The van der Waals surface area contributed by atoms with Gasteiger partial charge >= 0.3 is 0 Å². The highest BCUT2D eigenvalue weighted by atomic mass is 19.1. The highest BCUT2D eigenvalue weighted by molar-refractivity contribution is 5.38. The van der Waals surface area contributed by atoms with Crippen molar-refractivity contribution in [3.63, 3.8) is 0 Å². The largest absolute Gasteiger partial charge is 0.354 e. The summed E-state index contributed by atoms with van der Waals surface area (Å²) in [7, 11) is 0. The number of piperazine rings is 1. The van der Waals surface area contributed by atoms with Crippen LogP contribution in [0, 0.1) is 17.1 Å². The van der Waals surface area contributed by atoms with Gasteiger partial charge in [-0.25, -0.2) is 9.37 Å². The smallest absolute Gasteiger partial charge is 0.141 e. The van der Waals surface area contributed by atoms with Gasteiger partial charge in [-0.1, -0.05) is 0 Å². The topological polar surface area (TPSA) is 43.2 Å². The van der Waals surface area contributed by atoms with E-state index in [-0.39, 0.29) is 11.9 Å². The van der Waals surface area contributed by atoms with Crippen LogP contribution in [0.4, 0.5) is 10.2 Å². The molecule has 0 bridgehead atoms. The van der Waals surface area contributed by atoms with Crippen LogP contribution in [0.1, 0.15) is 6.92 Å². The molecular formula is C12H15FN4. The molecule has 1 aliphatic heterocycles. The van der Waals surface area contributed by atoms with Crippen molar-refractivity contribution in [3.8, 4) is 6.07 Å². The SMILES string of the molecule is CC(C#N)N1CCN(c2ccc(F)cn2)CC1. The normalized spacial score (nSPS) is 18.8. The molecule has 0 radical (unpaired) electrons. The predicted octanol–water partition coefficient (Wildman–Crippen LogP) is 1.25. The van der Waals surface area contributed by atoms with Crippen molar-refractivity contribution in [1.29, 1.82) is 5.26 Å². The molecule has 1 aromatic heterocycles. The van der Waals surface area contributed by atoms with E-state index in [1.807, 2.05) is 6.92 Å². The van der Waals surface area contributed by atoms with Crippen LogP contribution < -0.4 is 4.90 Å². The van der Waals surface area contributed by atoms with Gasteiger partial charge in [0.15, 0.2) is 0 Å². The highest BCUT2D eigenvalue weighted by Crippen LogP contribution is 2.14. The first-order chi connectivity index (χ1) is 8.20. The minimum Gasteiger partial charge on any atom is -0.354 e. The Morgan fingerprint density at radius 2 is 2.06 bits per heavy atom. The molecule has 2 rings (SSSR count). The molecule has 2 heterocycles. The second-order valence-corrected chi connectivity index (χ2v) is 4.16. The fourth-order valence-corrected chi connectivity index (χ4v) is 1.98. The first kappa shape index (κ1) is 11.8. The molecule has 0 N–H and O–H groups in total. The van der Waals surface area contributed by atoms with Gasteiger partial charge in [0.1, 0.15) is 11.6 Å². The molecule has 1 atom stereocenters. The molecule has 0 saturated carbocycles. The van der Waals surface area contributed by atoms with Gasteiger partial charge in [0, 0.05) is 26.2 Å². The van der Waals surface area contributed by atoms with E-state index in [4.69, 9.17) is 5.26 Å². The lowest BCUT2D eigenvalue weighted by atomic mass is 10.2. The molecular weight excluding hydrogens is 219 g/mol. The second-order valence-electron chi connectivity index (χ2n) is 4.16. The summed E-state index contributed by atoms with van der Waals surface area (Å²) in [5.41, 5.74) is 0. The van der Waals surface area contributed by atoms with E-state index >= 15 is 0 Å². The number of hydrogen-bond donors (Lipinski definition) is 0. The highest BCUT2D eigenvalue weighted by Gasteiger charge is 2.21. The van der Waals surface area contributed by atoms with Crippen LogP contribution in [0.3, 0.4) is 0 Å². The molecule has 0 amide bonds. The molecule has 0 aromatic carbocycles. The molecule has 1 aromatic rings. The van der Waals surface area contributed by atoms with Crippen molar-refractivity contribution in [2.75, 3.05) is 31.1 Å². The van der Waals surface area contributed by atoms with Crippen molar-refractivity contribution in [3.05, 3.63) is 24.1 Å². The molecule has 90 valence electrons. The van der Waals surface area contributed by atoms with Crippen molar-refractivity contribution in [2.24, 2.45) is 0 Å². The maximum Gasteiger partial charge on any atom is 0.141 e. The van der Waals surface area contributed by atoms with Crippen LogP contribution in [0.25, 0.3) is 0 Å². The molecule has 1 saturated heterocycles. The van der Waals surface area contributed by atoms with Crippen LogP contribution in [0.2, 0.25) is 0 Å². The first-order valence-corrected chi connectivity index (χ1v) is 5.71. The van der Waals surface area contributed by atoms with Gasteiger partial charge in [-0.2, -0.15) is 5.26 Å². The van der Waals surface area contributed by atoms with Gasteiger partial charge in [-0.3, -0.25) is 4.90 Å². The summed E-state index contributed by atoms with van der Waals surface area (Å²) < 4.78 is 12.7. The lowest BCUT2D eigenvalue weighted by Gasteiger charge is -2.36. The Morgan fingerprint density at radius 3 is 2.59 bits per heavy atom. The monoisotopic (exact) mass is 234 g/mol. The quantitative estimate of drug-likeness (QED) is 0.772. The van der Waals surface area contributed by atoms with Crippen LogP contribution >= 0.6 is 0 Å². The van der Waals surface area contributed by atoms with Crippen LogP contribution in [-0.2, 0) is 0 Å².